The van der Waals surface area contributed by atoms with Crippen molar-refractivity contribution < 1.29 is 9.13 Å². The Morgan fingerprint density at radius 1 is 1.00 bits per heavy atom. The lowest BCUT2D eigenvalue weighted by atomic mass is 10.3. The van der Waals surface area contributed by atoms with Crippen LogP contribution in [0.1, 0.15) is 18.4 Å². The first-order chi connectivity index (χ1) is 13.3. The van der Waals surface area contributed by atoms with Crippen LogP contribution in [0.2, 0.25) is 0 Å². The Morgan fingerprint density at radius 2 is 1.81 bits per heavy atom. The van der Waals surface area contributed by atoms with Gasteiger partial charge in [0, 0.05) is 38.0 Å². The standard InChI is InChI=1S/C20H20FN5O/c21-16-4-6-17(7-5-16)27-20-8-3-15(13-23-20)12-22-18-11-19(25-14-24-18)26-9-1-2-10-26/h3-8,11,13-14H,1-2,9-10,12H2,(H,22,24,25). The number of aromatic nitrogens is 3. The number of anilines is 2. The molecule has 27 heavy (non-hydrogen) atoms. The normalized spacial score (nSPS) is 13.6. The van der Waals surface area contributed by atoms with Gasteiger partial charge in [0.1, 0.15) is 29.5 Å². The SMILES string of the molecule is Fc1ccc(Oc2ccc(CNc3cc(N4CCCC4)ncn3)cn2)cc1. The summed E-state index contributed by atoms with van der Waals surface area (Å²) in [4.78, 5) is 15.2. The van der Waals surface area contributed by atoms with Crippen LogP contribution in [0.15, 0.2) is 55.0 Å². The van der Waals surface area contributed by atoms with E-state index in [9.17, 15) is 4.39 Å². The number of pyridine rings is 1. The van der Waals surface area contributed by atoms with Gasteiger partial charge in [-0.25, -0.2) is 19.3 Å². The zero-order valence-electron chi connectivity index (χ0n) is 14.8. The highest BCUT2D eigenvalue weighted by atomic mass is 19.1. The zero-order chi connectivity index (χ0) is 18.5. The summed E-state index contributed by atoms with van der Waals surface area (Å²) in [6.45, 7) is 2.70. The van der Waals surface area contributed by atoms with Gasteiger partial charge in [-0.2, -0.15) is 0 Å². The molecule has 6 nitrogen and oxygen atoms in total. The lowest BCUT2D eigenvalue weighted by Gasteiger charge is -2.16. The van der Waals surface area contributed by atoms with Crippen molar-refractivity contribution in [3.8, 4) is 11.6 Å². The van der Waals surface area contributed by atoms with E-state index in [-0.39, 0.29) is 5.82 Å². The molecule has 0 amide bonds. The number of hydrogen-bond acceptors (Lipinski definition) is 6. The van der Waals surface area contributed by atoms with E-state index in [1.807, 2.05) is 12.1 Å². The van der Waals surface area contributed by atoms with E-state index in [1.54, 1.807) is 30.7 Å². The van der Waals surface area contributed by atoms with Crippen LogP contribution in [0.4, 0.5) is 16.0 Å². The van der Waals surface area contributed by atoms with Crippen LogP contribution in [0.25, 0.3) is 0 Å². The molecule has 0 bridgehead atoms. The molecule has 138 valence electrons. The third-order valence-corrected chi connectivity index (χ3v) is 4.39. The fraction of sp³-hybridized carbons (Fsp3) is 0.250. The Labute approximate surface area is 157 Å². The Hall–Kier alpha value is -3.22. The fourth-order valence-corrected chi connectivity index (χ4v) is 2.95. The number of halogens is 1. The van der Waals surface area contributed by atoms with Crippen LogP contribution >= 0.6 is 0 Å². The summed E-state index contributed by atoms with van der Waals surface area (Å²) in [7, 11) is 0. The van der Waals surface area contributed by atoms with Gasteiger partial charge in [0.25, 0.3) is 0 Å². The maximum atomic E-state index is 12.9. The molecule has 1 saturated heterocycles. The smallest absolute Gasteiger partial charge is 0.219 e. The number of nitrogens with zero attached hydrogens (tertiary/aromatic N) is 4. The van der Waals surface area contributed by atoms with Gasteiger partial charge in [-0.05, 0) is 42.7 Å². The van der Waals surface area contributed by atoms with E-state index in [1.165, 1.54) is 25.0 Å². The average Bonchev–Trinajstić information content (AvgIpc) is 3.24. The van der Waals surface area contributed by atoms with Crippen LogP contribution in [0.3, 0.4) is 0 Å². The summed E-state index contributed by atoms with van der Waals surface area (Å²) in [5.74, 6) is 2.47. The van der Waals surface area contributed by atoms with E-state index in [0.717, 1.165) is 30.3 Å². The topological polar surface area (TPSA) is 63.2 Å². The van der Waals surface area contributed by atoms with E-state index in [4.69, 9.17) is 4.74 Å². The monoisotopic (exact) mass is 365 g/mol. The van der Waals surface area contributed by atoms with Gasteiger partial charge in [0.2, 0.25) is 5.88 Å². The van der Waals surface area contributed by atoms with Crippen molar-refractivity contribution in [3.05, 3.63) is 66.4 Å². The van der Waals surface area contributed by atoms with Crippen molar-refractivity contribution in [1.82, 2.24) is 15.0 Å². The van der Waals surface area contributed by atoms with E-state index in [0.29, 0.717) is 18.2 Å². The summed E-state index contributed by atoms with van der Waals surface area (Å²) in [6.07, 6.45) is 5.76. The highest BCUT2D eigenvalue weighted by molar-refractivity contribution is 5.49. The highest BCUT2D eigenvalue weighted by Crippen LogP contribution is 2.21. The Bertz CT molecular complexity index is 880. The average molecular weight is 365 g/mol. The number of hydrogen-bond donors (Lipinski definition) is 1. The molecule has 0 unspecified atom stereocenters. The molecular weight excluding hydrogens is 345 g/mol. The van der Waals surface area contributed by atoms with Crippen molar-refractivity contribution in [2.24, 2.45) is 0 Å². The van der Waals surface area contributed by atoms with E-state index < -0.39 is 0 Å². The Balaban J connectivity index is 1.34. The second-order valence-corrected chi connectivity index (χ2v) is 6.37. The lowest BCUT2D eigenvalue weighted by molar-refractivity contribution is 0.461. The number of benzene rings is 1. The number of rotatable bonds is 6. The molecule has 3 aromatic rings. The van der Waals surface area contributed by atoms with Crippen LogP contribution in [0, 0.1) is 5.82 Å². The first kappa shape index (κ1) is 17.2. The van der Waals surface area contributed by atoms with Crippen molar-refractivity contribution in [2.75, 3.05) is 23.3 Å². The largest absolute Gasteiger partial charge is 0.439 e. The maximum Gasteiger partial charge on any atom is 0.219 e. The molecule has 0 atom stereocenters. The van der Waals surface area contributed by atoms with Crippen LogP contribution in [0.5, 0.6) is 11.6 Å². The van der Waals surface area contributed by atoms with Gasteiger partial charge in [-0.3, -0.25) is 0 Å². The second-order valence-electron chi connectivity index (χ2n) is 6.37. The first-order valence-corrected chi connectivity index (χ1v) is 8.95. The van der Waals surface area contributed by atoms with E-state index >= 15 is 0 Å². The summed E-state index contributed by atoms with van der Waals surface area (Å²) in [5, 5.41) is 3.30. The second kappa shape index (κ2) is 7.99. The van der Waals surface area contributed by atoms with Crippen LogP contribution < -0.4 is 15.0 Å². The quantitative estimate of drug-likeness (QED) is 0.712. The number of ether oxygens (including phenoxy) is 1. The predicted molar refractivity (Wildman–Crippen MR) is 102 cm³/mol. The zero-order valence-corrected chi connectivity index (χ0v) is 14.8. The fourth-order valence-electron chi connectivity index (χ4n) is 2.95. The van der Waals surface area contributed by atoms with Crippen LogP contribution in [-0.2, 0) is 6.54 Å². The Kier molecular flexibility index (Phi) is 5.09. The number of nitrogens with one attached hydrogen (secondary N) is 1. The molecule has 0 saturated carbocycles. The van der Waals surface area contributed by atoms with Gasteiger partial charge in [-0.1, -0.05) is 6.07 Å². The summed E-state index contributed by atoms with van der Waals surface area (Å²) >= 11 is 0. The van der Waals surface area contributed by atoms with Gasteiger partial charge < -0.3 is 15.0 Å². The van der Waals surface area contributed by atoms with Gasteiger partial charge in [-0.15, -0.1) is 0 Å². The third kappa shape index (κ3) is 4.49. The lowest BCUT2D eigenvalue weighted by Crippen LogP contribution is -2.19. The minimum atomic E-state index is -0.297. The summed E-state index contributed by atoms with van der Waals surface area (Å²) in [6, 6.07) is 11.5. The van der Waals surface area contributed by atoms with Gasteiger partial charge in [0.05, 0.1) is 0 Å². The molecule has 0 spiro atoms. The van der Waals surface area contributed by atoms with Gasteiger partial charge in [0.15, 0.2) is 0 Å². The molecule has 1 aliphatic rings. The molecule has 7 heteroatoms. The molecule has 0 radical (unpaired) electrons. The molecule has 1 N–H and O–H groups in total. The molecule has 1 fully saturated rings. The van der Waals surface area contributed by atoms with Crippen molar-refractivity contribution in [2.45, 2.75) is 19.4 Å². The molecular formula is C20H20FN5O. The minimum absolute atomic E-state index is 0.297. The van der Waals surface area contributed by atoms with Gasteiger partial charge >= 0.3 is 0 Å². The molecule has 2 aromatic heterocycles. The maximum absolute atomic E-state index is 12.9. The van der Waals surface area contributed by atoms with Crippen LogP contribution in [-0.4, -0.2) is 28.0 Å². The minimum Gasteiger partial charge on any atom is -0.439 e. The molecule has 0 aliphatic carbocycles. The van der Waals surface area contributed by atoms with E-state index in [2.05, 4.69) is 25.2 Å². The predicted octanol–water partition coefficient (Wildman–Crippen LogP) is 4.02. The Morgan fingerprint density at radius 3 is 2.56 bits per heavy atom. The molecule has 3 heterocycles. The molecule has 1 aromatic carbocycles. The van der Waals surface area contributed by atoms with Crippen molar-refractivity contribution in [1.29, 1.82) is 0 Å². The molecule has 4 rings (SSSR count). The summed E-state index contributed by atoms with van der Waals surface area (Å²) < 4.78 is 18.5. The van der Waals surface area contributed by atoms with Crippen molar-refractivity contribution in [3.63, 3.8) is 0 Å². The first-order valence-electron chi connectivity index (χ1n) is 8.95. The van der Waals surface area contributed by atoms with Crippen molar-refractivity contribution >= 4 is 11.6 Å². The third-order valence-electron chi connectivity index (χ3n) is 4.39. The summed E-state index contributed by atoms with van der Waals surface area (Å²) in [5.41, 5.74) is 1.00. The highest BCUT2D eigenvalue weighted by Gasteiger charge is 2.13. The molecule has 1 aliphatic heterocycles.